The Balaban J connectivity index is 1.99. The fourth-order valence-electron chi connectivity index (χ4n) is 7.60. The molecule has 0 aromatic heterocycles. The van der Waals surface area contributed by atoms with Crippen LogP contribution in [0.5, 0.6) is 0 Å². The average Bonchev–Trinajstić information content (AvgIpc) is 3.31. The lowest BCUT2D eigenvalue weighted by Crippen LogP contribution is -2.69. The van der Waals surface area contributed by atoms with Gasteiger partial charge in [-0.25, -0.2) is 0 Å². The van der Waals surface area contributed by atoms with Crippen molar-refractivity contribution in [3.63, 3.8) is 0 Å². The third-order valence-electron chi connectivity index (χ3n) is 10.3. The highest BCUT2D eigenvalue weighted by molar-refractivity contribution is 6.36. The largest absolute Gasteiger partial charge is 0.490 e. The minimum absolute atomic E-state index is 0.144. The lowest BCUT2D eigenvalue weighted by molar-refractivity contribution is -0.162. The van der Waals surface area contributed by atoms with Crippen molar-refractivity contribution in [2.24, 2.45) is 22.2 Å². The van der Waals surface area contributed by atoms with Gasteiger partial charge in [0.1, 0.15) is 11.9 Å². The molecule has 232 valence electrons. The lowest BCUT2D eigenvalue weighted by atomic mass is 9.39. The Kier molecular flexibility index (Phi) is 9.02. The summed E-state index contributed by atoms with van der Waals surface area (Å²) in [6.07, 6.45) is 8.28. The molecule has 1 aromatic rings. The van der Waals surface area contributed by atoms with Gasteiger partial charge in [0.05, 0.1) is 11.0 Å². The SMILES string of the molecule is CC(C)=CCC[C@@](C)(O)[C@@H]1C[C@@]23C[C@@H](CC=C(C)C)C(C)(C)[C@](C(=O)c4ccccc4)(C(=O)C(CC=C(C)C)=C2O1)C3=O. The Morgan fingerprint density at radius 3 is 2.14 bits per heavy atom. The Bertz CT molecular complexity index is 1410. The lowest BCUT2D eigenvalue weighted by Gasteiger charge is -2.58. The van der Waals surface area contributed by atoms with Crippen LogP contribution in [0.4, 0.5) is 0 Å². The summed E-state index contributed by atoms with van der Waals surface area (Å²) in [5.74, 6) is -0.972. The van der Waals surface area contributed by atoms with E-state index in [1.807, 2.05) is 67.5 Å². The van der Waals surface area contributed by atoms with Gasteiger partial charge in [-0.05, 0) is 91.9 Å². The average molecular weight is 587 g/mol. The van der Waals surface area contributed by atoms with E-state index in [-0.39, 0.29) is 24.5 Å². The maximum Gasteiger partial charge on any atom is 0.184 e. The molecule has 1 saturated heterocycles. The summed E-state index contributed by atoms with van der Waals surface area (Å²) in [6.45, 7) is 17.7. The van der Waals surface area contributed by atoms with Crippen LogP contribution >= 0.6 is 0 Å². The first-order valence-electron chi connectivity index (χ1n) is 15.7. The van der Waals surface area contributed by atoms with Gasteiger partial charge in [0.2, 0.25) is 0 Å². The van der Waals surface area contributed by atoms with Crippen molar-refractivity contribution >= 4 is 17.3 Å². The molecule has 2 aliphatic carbocycles. The van der Waals surface area contributed by atoms with Crippen LogP contribution < -0.4 is 0 Å². The molecule has 1 saturated carbocycles. The van der Waals surface area contributed by atoms with Crippen molar-refractivity contribution < 1.29 is 24.2 Å². The van der Waals surface area contributed by atoms with Crippen LogP contribution in [-0.2, 0) is 14.3 Å². The van der Waals surface area contributed by atoms with Crippen LogP contribution in [0.25, 0.3) is 0 Å². The second kappa shape index (κ2) is 11.8. The molecule has 0 unspecified atom stereocenters. The Morgan fingerprint density at radius 1 is 0.953 bits per heavy atom. The number of rotatable bonds is 10. The maximum atomic E-state index is 15.2. The highest BCUT2D eigenvalue weighted by Gasteiger charge is 2.77. The van der Waals surface area contributed by atoms with Crippen LogP contribution in [0.2, 0.25) is 0 Å². The number of benzene rings is 1. The molecule has 2 fully saturated rings. The summed E-state index contributed by atoms with van der Waals surface area (Å²) in [7, 11) is 0. The van der Waals surface area contributed by atoms with Crippen molar-refractivity contribution in [3.8, 4) is 0 Å². The third-order valence-corrected chi connectivity index (χ3v) is 10.3. The van der Waals surface area contributed by atoms with Crippen molar-refractivity contribution in [2.45, 2.75) is 113 Å². The van der Waals surface area contributed by atoms with Crippen molar-refractivity contribution in [1.29, 1.82) is 0 Å². The molecular formula is C38H50O5. The number of fused-ring (bicyclic) bond motifs is 1. The Hall–Kier alpha value is -3.05. The number of Topliss-reactive ketones (excluding diaryl/α,β-unsaturated/α-hetero) is 3. The van der Waals surface area contributed by atoms with E-state index in [0.29, 0.717) is 42.6 Å². The van der Waals surface area contributed by atoms with Crippen LogP contribution in [0.1, 0.15) is 111 Å². The first kappa shape index (κ1) is 32.9. The summed E-state index contributed by atoms with van der Waals surface area (Å²) >= 11 is 0. The highest BCUT2D eigenvalue weighted by Crippen LogP contribution is 2.69. The van der Waals surface area contributed by atoms with Crippen LogP contribution in [0.15, 0.2) is 76.6 Å². The molecule has 0 amide bonds. The van der Waals surface area contributed by atoms with E-state index in [4.69, 9.17) is 4.74 Å². The summed E-state index contributed by atoms with van der Waals surface area (Å²) in [5.41, 5.74) is -1.13. The van der Waals surface area contributed by atoms with E-state index in [0.717, 1.165) is 11.1 Å². The first-order chi connectivity index (χ1) is 20.0. The van der Waals surface area contributed by atoms with Crippen LogP contribution in [0, 0.1) is 22.2 Å². The van der Waals surface area contributed by atoms with Gasteiger partial charge >= 0.3 is 0 Å². The molecule has 0 radical (unpaired) electrons. The zero-order valence-corrected chi connectivity index (χ0v) is 27.6. The van der Waals surface area contributed by atoms with Gasteiger partial charge < -0.3 is 9.84 Å². The highest BCUT2D eigenvalue weighted by atomic mass is 16.5. The molecule has 2 bridgehead atoms. The standard InChI is InChI=1S/C38H50O5/c1-24(2)14-13-21-36(9,42)30-23-37-22-28(19-17-25(3)4)35(7,8)38(34(37)41,31(39)27-15-11-10-12-16-27)32(40)29(33(37)43-30)20-18-26(5)6/h10-12,14-18,28,30,42H,13,19-23H2,1-9H3/t28-,30+,36-,37+,38-/m1/s1. The number of allylic oxidation sites excluding steroid dienone is 8. The summed E-state index contributed by atoms with van der Waals surface area (Å²) < 4.78 is 6.63. The van der Waals surface area contributed by atoms with E-state index >= 15 is 9.59 Å². The molecule has 1 spiro atoms. The molecular weight excluding hydrogens is 536 g/mol. The van der Waals surface area contributed by atoms with Crippen LogP contribution in [0.3, 0.4) is 0 Å². The second-order valence-electron chi connectivity index (χ2n) is 14.6. The number of ether oxygens (including phenoxy) is 1. The number of aliphatic hydroxyl groups is 1. The number of carbonyl (C=O) groups excluding carboxylic acids is 3. The van der Waals surface area contributed by atoms with Crippen molar-refractivity contribution in [1.82, 2.24) is 0 Å². The van der Waals surface area contributed by atoms with Gasteiger partial charge in [0.15, 0.2) is 22.8 Å². The molecule has 4 rings (SSSR count). The Morgan fingerprint density at radius 2 is 1.56 bits per heavy atom. The zero-order valence-electron chi connectivity index (χ0n) is 27.6. The molecule has 1 aliphatic heterocycles. The normalized spacial score (nSPS) is 28.8. The van der Waals surface area contributed by atoms with Gasteiger partial charge in [0.25, 0.3) is 0 Å². The van der Waals surface area contributed by atoms with E-state index < -0.39 is 39.5 Å². The van der Waals surface area contributed by atoms with Gasteiger partial charge in [-0.3, -0.25) is 14.4 Å². The molecule has 5 atom stereocenters. The summed E-state index contributed by atoms with van der Waals surface area (Å²) in [4.78, 5) is 45.1. The molecule has 1 aromatic carbocycles. The third kappa shape index (κ3) is 5.43. The van der Waals surface area contributed by atoms with E-state index in [1.54, 1.807) is 31.2 Å². The molecule has 1 heterocycles. The number of hydrogen-bond acceptors (Lipinski definition) is 5. The van der Waals surface area contributed by atoms with E-state index in [1.165, 1.54) is 5.57 Å². The Labute approximate surface area is 258 Å². The quantitative estimate of drug-likeness (QED) is 0.169. The molecule has 5 nitrogen and oxygen atoms in total. The summed E-state index contributed by atoms with van der Waals surface area (Å²) in [6, 6.07) is 8.79. The van der Waals surface area contributed by atoms with Crippen molar-refractivity contribution in [2.75, 3.05) is 0 Å². The fraction of sp³-hybridized carbons (Fsp3) is 0.553. The topological polar surface area (TPSA) is 80.7 Å². The minimum Gasteiger partial charge on any atom is -0.490 e. The molecule has 43 heavy (non-hydrogen) atoms. The van der Waals surface area contributed by atoms with E-state index in [9.17, 15) is 9.90 Å². The number of hydrogen-bond donors (Lipinski definition) is 1. The maximum absolute atomic E-state index is 15.2. The molecule has 5 heteroatoms. The van der Waals surface area contributed by atoms with Gasteiger partial charge in [-0.1, -0.05) is 79.1 Å². The zero-order chi connectivity index (χ0) is 32.0. The second-order valence-corrected chi connectivity index (χ2v) is 14.6. The van der Waals surface area contributed by atoms with Gasteiger partial charge in [-0.2, -0.15) is 0 Å². The monoisotopic (exact) mass is 586 g/mol. The first-order valence-corrected chi connectivity index (χ1v) is 15.7. The van der Waals surface area contributed by atoms with Crippen molar-refractivity contribution in [3.05, 3.63) is 82.2 Å². The smallest absolute Gasteiger partial charge is 0.184 e. The van der Waals surface area contributed by atoms with E-state index in [2.05, 4.69) is 12.2 Å². The molecule has 3 aliphatic rings. The number of ketones is 3. The predicted molar refractivity (Wildman–Crippen MR) is 171 cm³/mol. The predicted octanol–water partition coefficient (Wildman–Crippen LogP) is 8.29. The minimum atomic E-state index is -1.90. The van der Waals surface area contributed by atoms with Gasteiger partial charge in [0, 0.05) is 17.6 Å². The number of carbonyl (C=O) groups is 3. The van der Waals surface area contributed by atoms with Gasteiger partial charge in [-0.15, -0.1) is 0 Å². The fourth-order valence-corrected chi connectivity index (χ4v) is 7.60. The summed E-state index contributed by atoms with van der Waals surface area (Å²) in [5, 5.41) is 11.8. The van der Waals surface area contributed by atoms with Crippen LogP contribution in [-0.4, -0.2) is 34.2 Å². The molecule has 1 N–H and O–H groups in total.